The number of carbonyl (C=O) groups is 1. The average Bonchev–Trinajstić information content (AvgIpc) is 3.25. The summed E-state index contributed by atoms with van der Waals surface area (Å²) in [6, 6.07) is 12.8. The van der Waals surface area contributed by atoms with Gasteiger partial charge in [-0.1, -0.05) is 12.1 Å². The zero-order chi connectivity index (χ0) is 23.2. The van der Waals surface area contributed by atoms with Gasteiger partial charge in [0.1, 0.15) is 12.0 Å². The van der Waals surface area contributed by atoms with Crippen LogP contribution in [0.15, 0.2) is 54.9 Å². The van der Waals surface area contributed by atoms with Gasteiger partial charge in [0.05, 0.1) is 11.9 Å². The monoisotopic (exact) mass is 445 g/mol. The first-order valence-corrected chi connectivity index (χ1v) is 10.8. The molecule has 5 N–H and O–H groups in total. The first-order chi connectivity index (χ1) is 16.0. The lowest BCUT2D eigenvalue weighted by Gasteiger charge is -2.22. The van der Waals surface area contributed by atoms with E-state index in [1.807, 2.05) is 48.2 Å². The fourth-order valence-corrected chi connectivity index (χ4v) is 3.74. The molecular weight excluding hydrogens is 418 g/mol. The van der Waals surface area contributed by atoms with Gasteiger partial charge >= 0.3 is 6.03 Å². The topological polar surface area (TPSA) is 126 Å². The van der Waals surface area contributed by atoms with Crippen molar-refractivity contribution >= 4 is 35.1 Å². The number of carbonyl (C=O) groups excluding carboxylic acids is 1. The Morgan fingerprint density at radius 2 is 2.06 bits per heavy atom. The Hall–Kier alpha value is -3.98. The van der Waals surface area contributed by atoms with Crippen LogP contribution in [0.3, 0.4) is 0 Å². The van der Waals surface area contributed by atoms with Crippen LogP contribution < -0.4 is 20.9 Å². The number of aliphatic hydroxyl groups excluding tert-OH is 1. The molecule has 2 amide bonds. The number of aryl methyl sites for hydroxylation is 1. The van der Waals surface area contributed by atoms with E-state index >= 15 is 0 Å². The smallest absolute Gasteiger partial charge is 0.320 e. The molecule has 1 atom stereocenters. The van der Waals surface area contributed by atoms with Crippen molar-refractivity contribution in [3.05, 3.63) is 71.7 Å². The summed E-state index contributed by atoms with van der Waals surface area (Å²) in [5, 5.41) is 26.4. The predicted molar refractivity (Wildman–Crippen MR) is 129 cm³/mol. The van der Waals surface area contributed by atoms with Crippen LogP contribution in [0.2, 0.25) is 0 Å². The molecule has 4 rings (SSSR count). The maximum atomic E-state index is 12.3. The molecule has 0 saturated carbocycles. The summed E-state index contributed by atoms with van der Waals surface area (Å²) in [5.74, 6) is 0.348. The highest BCUT2D eigenvalue weighted by atomic mass is 16.3. The van der Waals surface area contributed by atoms with Gasteiger partial charge in [0, 0.05) is 48.1 Å². The number of aromatic nitrogens is 2. The lowest BCUT2D eigenvalue weighted by molar-refractivity contribution is 0.185. The van der Waals surface area contributed by atoms with Gasteiger partial charge in [0.2, 0.25) is 0 Å². The summed E-state index contributed by atoms with van der Waals surface area (Å²) >= 11 is 0. The number of hydrogen-bond donors (Lipinski definition) is 5. The first kappa shape index (κ1) is 22.2. The quantitative estimate of drug-likeness (QED) is 0.353. The number of rotatable bonds is 7. The summed E-state index contributed by atoms with van der Waals surface area (Å²) in [4.78, 5) is 22.8. The van der Waals surface area contributed by atoms with Crippen molar-refractivity contribution in [3.63, 3.8) is 0 Å². The lowest BCUT2D eigenvalue weighted by Crippen LogP contribution is -2.29. The Labute approximate surface area is 192 Å². The summed E-state index contributed by atoms with van der Waals surface area (Å²) in [7, 11) is 0. The zero-order valence-corrected chi connectivity index (χ0v) is 18.4. The Morgan fingerprint density at radius 3 is 2.76 bits per heavy atom. The first-order valence-electron chi connectivity index (χ1n) is 10.8. The number of hydrogen-bond acceptors (Lipinski definition) is 7. The molecule has 33 heavy (non-hydrogen) atoms. The van der Waals surface area contributed by atoms with Crippen molar-refractivity contribution in [2.75, 3.05) is 22.1 Å². The number of pyridine rings is 2. The number of nitrogens with one attached hydrogen (secondary N) is 4. The normalized spacial score (nSPS) is 15.2. The predicted octanol–water partition coefficient (Wildman–Crippen LogP) is 3.77. The van der Waals surface area contributed by atoms with Gasteiger partial charge in [0.15, 0.2) is 0 Å². The van der Waals surface area contributed by atoms with Crippen LogP contribution in [-0.4, -0.2) is 40.1 Å². The van der Waals surface area contributed by atoms with Gasteiger partial charge in [-0.2, -0.15) is 0 Å². The van der Waals surface area contributed by atoms with E-state index in [0.29, 0.717) is 23.6 Å². The second-order valence-corrected chi connectivity index (χ2v) is 7.90. The van der Waals surface area contributed by atoms with Crippen LogP contribution in [0.25, 0.3) is 0 Å². The summed E-state index contributed by atoms with van der Waals surface area (Å²) in [5.41, 5.74) is 4.90. The molecule has 1 unspecified atom stereocenters. The van der Waals surface area contributed by atoms with E-state index in [4.69, 9.17) is 5.41 Å². The van der Waals surface area contributed by atoms with Crippen molar-refractivity contribution in [3.8, 4) is 0 Å². The molecule has 1 aliphatic heterocycles. The molecule has 170 valence electrons. The number of amides is 2. The van der Waals surface area contributed by atoms with Crippen LogP contribution in [0, 0.1) is 12.3 Å². The Morgan fingerprint density at radius 1 is 1.24 bits per heavy atom. The van der Waals surface area contributed by atoms with Crippen molar-refractivity contribution in [1.29, 1.82) is 5.41 Å². The second-order valence-electron chi connectivity index (χ2n) is 7.90. The zero-order valence-electron chi connectivity index (χ0n) is 18.4. The summed E-state index contributed by atoms with van der Waals surface area (Å²) in [6.07, 6.45) is 5.85. The molecule has 2 aromatic heterocycles. The Kier molecular flexibility index (Phi) is 6.80. The second kappa shape index (κ2) is 10.1. The third kappa shape index (κ3) is 5.64. The maximum Gasteiger partial charge on any atom is 0.320 e. The highest BCUT2D eigenvalue weighted by Crippen LogP contribution is 2.24. The molecule has 3 heterocycles. The van der Waals surface area contributed by atoms with E-state index in [-0.39, 0.29) is 6.03 Å². The van der Waals surface area contributed by atoms with Gasteiger partial charge in [-0.05, 0) is 55.7 Å². The SMILES string of the molecule is Cc1cc(Nc2cnc(NC(=O)NCc3ccc(N4CCCC4O)cc3)cc2C=N)ccn1. The van der Waals surface area contributed by atoms with Gasteiger partial charge in [-0.25, -0.2) is 9.78 Å². The molecule has 9 heteroatoms. The molecule has 1 aliphatic rings. The van der Waals surface area contributed by atoms with Crippen LogP contribution in [0.4, 0.5) is 27.7 Å². The standard InChI is InChI=1S/C24H27N7O2/c1-16-11-19(8-9-26-16)29-21-15-27-22(12-18(21)13-25)30-24(33)28-14-17-4-6-20(7-5-17)31-10-2-3-23(31)32/h4-9,11-13,15,23,25,32H,2-3,10,14H2,1H3,(H,26,29)(H2,27,28,30,33). The molecule has 1 saturated heterocycles. The number of benzene rings is 1. The van der Waals surface area contributed by atoms with Gasteiger partial charge in [-0.3, -0.25) is 10.3 Å². The minimum absolute atomic E-state index is 0.348. The van der Waals surface area contributed by atoms with Gasteiger partial charge in [0.25, 0.3) is 0 Å². The molecule has 0 spiro atoms. The van der Waals surface area contributed by atoms with Crippen molar-refractivity contribution in [2.45, 2.75) is 32.5 Å². The number of urea groups is 1. The maximum absolute atomic E-state index is 12.3. The third-order valence-corrected chi connectivity index (χ3v) is 5.45. The Balaban J connectivity index is 1.33. The highest BCUT2D eigenvalue weighted by molar-refractivity contribution is 5.92. The van der Waals surface area contributed by atoms with Crippen LogP contribution in [0.5, 0.6) is 0 Å². The van der Waals surface area contributed by atoms with E-state index in [2.05, 4.69) is 25.9 Å². The van der Waals surface area contributed by atoms with Gasteiger partial charge in [-0.15, -0.1) is 0 Å². The van der Waals surface area contributed by atoms with Crippen LogP contribution in [0.1, 0.15) is 29.7 Å². The minimum Gasteiger partial charge on any atom is -0.374 e. The van der Waals surface area contributed by atoms with E-state index < -0.39 is 6.23 Å². The van der Waals surface area contributed by atoms with E-state index in [1.165, 1.54) is 6.21 Å². The van der Waals surface area contributed by atoms with Crippen molar-refractivity contribution in [1.82, 2.24) is 15.3 Å². The molecule has 3 aromatic rings. The van der Waals surface area contributed by atoms with Crippen molar-refractivity contribution in [2.24, 2.45) is 0 Å². The fraction of sp³-hybridized carbons (Fsp3) is 0.250. The highest BCUT2D eigenvalue weighted by Gasteiger charge is 2.21. The molecule has 0 radical (unpaired) electrons. The van der Waals surface area contributed by atoms with E-state index in [9.17, 15) is 9.90 Å². The fourth-order valence-electron chi connectivity index (χ4n) is 3.74. The van der Waals surface area contributed by atoms with Gasteiger partial charge < -0.3 is 26.0 Å². The molecule has 9 nitrogen and oxygen atoms in total. The molecular formula is C24H27N7O2. The lowest BCUT2D eigenvalue weighted by atomic mass is 10.2. The van der Waals surface area contributed by atoms with Crippen LogP contribution in [-0.2, 0) is 6.54 Å². The number of anilines is 4. The Bertz CT molecular complexity index is 1130. The summed E-state index contributed by atoms with van der Waals surface area (Å²) < 4.78 is 0. The average molecular weight is 446 g/mol. The number of nitrogens with zero attached hydrogens (tertiary/aromatic N) is 3. The van der Waals surface area contributed by atoms with Crippen molar-refractivity contribution < 1.29 is 9.90 Å². The largest absolute Gasteiger partial charge is 0.374 e. The van der Waals surface area contributed by atoms with E-state index in [1.54, 1.807) is 18.5 Å². The van der Waals surface area contributed by atoms with E-state index in [0.717, 1.165) is 42.0 Å². The molecule has 0 bridgehead atoms. The van der Waals surface area contributed by atoms with Crippen LogP contribution >= 0.6 is 0 Å². The summed E-state index contributed by atoms with van der Waals surface area (Å²) in [6.45, 7) is 3.11. The third-order valence-electron chi connectivity index (χ3n) is 5.45. The minimum atomic E-state index is -0.423. The molecule has 0 aliphatic carbocycles. The molecule has 1 aromatic carbocycles. The molecule has 1 fully saturated rings. The number of aliphatic hydroxyl groups is 1.